The molecule has 0 aliphatic carbocycles. The van der Waals surface area contributed by atoms with E-state index in [1.807, 2.05) is 37.3 Å². The number of quaternary nitrogens is 1. The van der Waals surface area contributed by atoms with E-state index in [9.17, 15) is 9.59 Å². The Morgan fingerprint density at radius 2 is 1.77 bits per heavy atom. The molecule has 0 unspecified atom stereocenters. The zero-order chi connectivity index (χ0) is 21.8. The molecule has 2 heterocycles. The number of carbonyl (C=O) groups excluding carboxylic acids is 2. The molecule has 0 bridgehead atoms. The van der Waals surface area contributed by atoms with Crippen LogP contribution >= 0.6 is 12.2 Å². The maximum Gasteiger partial charge on any atom is 0.251 e. The van der Waals surface area contributed by atoms with E-state index in [2.05, 4.69) is 34.6 Å². The first-order valence-corrected chi connectivity index (χ1v) is 11.1. The molecule has 7 heteroatoms. The van der Waals surface area contributed by atoms with Crippen molar-refractivity contribution < 1.29 is 14.5 Å². The summed E-state index contributed by atoms with van der Waals surface area (Å²) in [7, 11) is 0. The fraction of sp³-hybridized carbons (Fsp3) is 0.333. The number of rotatable bonds is 5. The zero-order valence-electron chi connectivity index (χ0n) is 17.6. The van der Waals surface area contributed by atoms with Gasteiger partial charge in [0.05, 0.1) is 24.8 Å². The van der Waals surface area contributed by atoms with Gasteiger partial charge in [-0.3, -0.25) is 19.5 Å². The van der Waals surface area contributed by atoms with Gasteiger partial charge >= 0.3 is 0 Å². The Balaban J connectivity index is 1.37. The Bertz CT molecular complexity index is 982. The highest BCUT2D eigenvalue weighted by Crippen LogP contribution is 2.21. The van der Waals surface area contributed by atoms with Crippen LogP contribution in [0.5, 0.6) is 0 Å². The van der Waals surface area contributed by atoms with Crippen LogP contribution < -0.4 is 15.1 Å². The van der Waals surface area contributed by atoms with Gasteiger partial charge in [-0.15, -0.1) is 0 Å². The second kappa shape index (κ2) is 9.49. The molecule has 2 saturated heterocycles. The molecule has 2 aromatic rings. The van der Waals surface area contributed by atoms with Crippen molar-refractivity contribution in [1.29, 1.82) is 0 Å². The Morgan fingerprint density at radius 3 is 2.45 bits per heavy atom. The summed E-state index contributed by atoms with van der Waals surface area (Å²) in [5, 5.41) is 2.76. The number of aryl methyl sites for hydroxylation is 1. The van der Waals surface area contributed by atoms with Gasteiger partial charge in [0.25, 0.3) is 5.91 Å². The van der Waals surface area contributed by atoms with Crippen molar-refractivity contribution in [2.45, 2.75) is 32.4 Å². The fourth-order valence-electron chi connectivity index (χ4n) is 4.09. The Morgan fingerprint density at radius 1 is 1.10 bits per heavy atom. The zero-order valence-corrected chi connectivity index (χ0v) is 18.4. The molecular formula is C24H27N4O2S+. The van der Waals surface area contributed by atoms with Crippen molar-refractivity contribution in [2.24, 2.45) is 10.9 Å². The highest BCUT2D eigenvalue weighted by molar-refractivity contribution is 7.80. The minimum Gasteiger partial charge on any atom is -0.331 e. The summed E-state index contributed by atoms with van der Waals surface area (Å²) in [6.45, 7) is 5.05. The van der Waals surface area contributed by atoms with Crippen molar-refractivity contribution in [1.82, 2.24) is 5.32 Å². The number of amides is 2. The lowest BCUT2D eigenvalue weighted by Gasteiger charge is -2.31. The summed E-state index contributed by atoms with van der Waals surface area (Å²) < 4.78 is 0. The van der Waals surface area contributed by atoms with Gasteiger partial charge in [-0.1, -0.05) is 48.0 Å². The molecule has 0 saturated carbocycles. The van der Waals surface area contributed by atoms with E-state index < -0.39 is 11.8 Å². The maximum absolute atomic E-state index is 13.0. The Kier molecular flexibility index (Phi) is 6.53. The summed E-state index contributed by atoms with van der Waals surface area (Å²) in [5.74, 6) is -1.72. The molecular weight excluding hydrogens is 408 g/mol. The minimum absolute atomic E-state index is 0.112. The van der Waals surface area contributed by atoms with Crippen molar-refractivity contribution in [3.8, 4) is 0 Å². The number of anilines is 1. The third kappa shape index (κ3) is 5.06. The molecule has 4 rings (SSSR count). The van der Waals surface area contributed by atoms with E-state index in [-0.39, 0.29) is 17.1 Å². The summed E-state index contributed by atoms with van der Waals surface area (Å²) in [6, 6.07) is 18.1. The van der Waals surface area contributed by atoms with Crippen LogP contribution in [0.25, 0.3) is 0 Å². The van der Waals surface area contributed by atoms with Crippen molar-refractivity contribution in [3.63, 3.8) is 0 Å². The monoisotopic (exact) mass is 435 g/mol. The number of likely N-dealkylation sites (tertiary alicyclic amines) is 1. The fourth-order valence-corrected chi connectivity index (χ4v) is 4.39. The van der Waals surface area contributed by atoms with Crippen LogP contribution in [-0.4, -0.2) is 42.3 Å². The highest BCUT2D eigenvalue weighted by atomic mass is 32.1. The van der Waals surface area contributed by atoms with Crippen LogP contribution in [0.2, 0.25) is 0 Å². The number of benzene rings is 2. The summed E-state index contributed by atoms with van der Waals surface area (Å²) in [5.41, 5.74) is 3.08. The molecule has 2 N–H and O–H groups in total. The van der Waals surface area contributed by atoms with E-state index in [0.29, 0.717) is 5.69 Å². The molecule has 6 nitrogen and oxygen atoms in total. The highest BCUT2D eigenvalue weighted by Gasteiger charge is 2.38. The van der Waals surface area contributed by atoms with Gasteiger partial charge < -0.3 is 10.2 Å². The molecule has 31 heavy (non-hydrogen) atoms. The number of hydrogen-bond acceptors (Lipinski definition) is 4. The van der Waals surface area contributed by atoms with Gasteiger partial charge in [0.1, 0.15) is 6.54 Å². The third-order valence-electron chi connectivity index (χ3n) is 5.90. The largest absolute Gasteiger partial charge is 0.331 e. The standard InChI is InChI=1S/C24H26N4O2S/c1-17-7-9-20(10-8-17)28-23(30)21(22(29)26-24(28)31)15-25-19-11-13-27(14-12-19)16-18-5-3-2-4-6-18/h2-10,15,19,21H,11-14,16H2,1H3,(H,26,29,31)/p+1/t21-/m1/s1. The Hall–Kier alpha value is -2.90. The number of thiocarbonyl (C=S) groups is 1. The molecule has 2 amide bonds. The number of hydrogen-bond donors (Lipinski definition) is 2. The first-order valence-electron chi connectivity index (χ1n) is 10.7. The lowest BCUT2D eigenvalue weighted by molar-refractivity contribution is -0.918. The van der Waals surface area contributed by atoms with Crippen LogP contribution in [-0.2, 0) is 16.1 Å². The summed E-state index contributed by atoms with van der Waals surface area (Å²) in [4.78, 5) is 33.0. The predicted molar refractivity (Wildman–Crippen MR) is 125 cm³/mol. The van der Waals surface area contributed by atoms with Crippen LogP contribution in [0.3, 0.4) is 0 Å². The van der Waals surface area contributed by atoms with E-state index in [0.717, 1.165) is 38.0 Å². The second-order valence-electron chi connectivity index (χ2n) is 8.22. The maximum atomic E-state index is 13.0. The third-order valence-corrected chi connectivity index (χ3v) is 6.18. The molecule has 2 aromatic carbocycles. The average Bonchev–Trinajstić information content (AvgIpc) is 2.76. The number of piperidine rings is 1. The molecule has 1 atom stereocenters. The lowest BCUT2D eigenvalue weighted by atomic mass is 10.0. The van der Waals surface area contributed by atoms with E-state index in [4.69, 9.17) is 12.2 Å². The number of carbonyl (C=O) groups is 2. The number of nitrogens with one attached hydrogen (secondary N) is 2. The SMILES string of the molecule is Cc1ccc(N2C(=O)[C@H](C=NC3CC[NH+](Cc4ccccc4)CC3)C(=O)NC2=S)cc1. The number of nitrogens with zero attached hydrogens (tertiary/aromatic N) is 2. The predicted octanol–water partition coefficient (Wildman–Crippen LogP) is 1.68. The second-order valence-corrected chi connectivity index (χ2v) is 8.61. The topological polar surface area (TPSA) is 66.2 Å². The summed E-state index contributed by atoms with van der Waals surface area (Å²) >= 11 is 5.25. The molecule has 2 aliphatic heterocycles. The van der Waals surface area contributed by atoms with Crippen molar-refractivity contribution in [3.05, 3.63) is 65.7 Å². The van der Waals surface area contributed by atoms with Gasteiger partial charge in [-0.25, -0.2) is 0 Å². The summed E-state index contributed by atoms with van der Waals surface area (Å²) in [6.07, 6.45) is 3.41. The molecule has 0 spiro atoms. The molecule has 2 fully saturated rings. The van der Waals surface area contributed by atoms with E-state index in [1.165, 1.54) is 16.7 Å². The van der Waals surface area contributed by atoms with E-state index >= 15 is 0 Å². The average molecular weight is 436 g/mol. The molecule has 160 valence electrons. The van der Waals surface area contributed by atoms with Crippen LogP contribution in [0.15, 0.2) is 59.6 Å². The molecule has 0 radical (unpaired) electrons. The van der Waals surface area contributed by atoms with Gasteiger partial charge in [0, 0.05) is 24.6 Å². The van der Waals surface area contributed by atoms with Gasteiger partial charge in [-0.05, 0) is 31.3 Å². The molecule has 2 aliphatic rings. The smallest absolute Gasteiger partial charge is 0.251 e. The van der Waals surface area contributed by atoms with Gasteiger partial charge in [0.2, 0.25) is 5.91 Å². The first-order chi connectivity index (χ1) is 15.0. The van der Waals surface area contributed by atoms with Crippen molar-refractivity contribution >= 4 is 41.0 Å². The van der Waals surface area contributed by atoms with Crippen LogP contribution in [0, 0.1) is 12.8 Å². The normalized spacial score (nSPS) is 24.5. The first kappa shape index (κ1) is 21.3. The lowest BCUT2D eigenvalue weighted by Crippen LogP contribution is -3.12. The minimum atomic E-state index is -0.956. The van der Waals surface area contributed by atoms with Crippen LogP contribution in [0.4, 0.5) is 5.69 Å². The van der Waals surface area contributed by atoms with Crippen molar-refractivity contribution in [2.75, 3.05) is 18.0 Å². The van der Waals surface area contributed by atoms with E-state index in [1.54, 1.807) is 4.90 Å². The Labute approximate surface area is 188 Å². The van der Waals surface area contributed by atoms with Crippen LogP contribution in [0.1, 0.15) is 24.0 Å². The number of aliphatic imine (C=N–C) groups is 1. The van der Waals surface area contributed by atoms with Gasteiger partial charge in [0.15, 0.2) is 11.0 Å². The quantitative estimate of drug-likeness (QED) is 0.427. The van der Waals surface area contributed by atoms with Gasteiger partial charge in [-0.2, -0.15) is 0 Å². The molecule has 0 aromatic heterocycles.